The van der Waals surface area contributed by atoms with Gasteiger partial charge in [-0.05, 0) is 38.1 Å². The molecule has 0 fully saturated rings. The minimum absolute atomic E-state index is 0.0292. The molecule has 0 aliphatic rings. The Kier molecular flexibility index (Phi) is 7.04. The molecule has 0 spiro atoms. The maximum atomic E-state index is 15.5. The first-order valence-corrected chi connectivity index (χ1v) is 12.7. The summed E-state index contributed by atoms with van der Waals surface area (Å²) in [5, 5.41) is 0.318. The summed E-state index contributed by atoms with van der Waals surface area (Å²) < 4.78 is 54.0. The van der Waals surface area contributed by atoms with Crippen molar-refractivity contribution in [3.63, 3.8) is 0 Å². The summed E-state index contributed by atoms with van der Waals surface area (Å²) in [6, 6.07) is 11.8. The van der Waals surface area contributed by atoms with Crippen molar-refractivity contribution in [3.05, 3.63) is 83.6 Å². The van der Waals surface area contributed by atoms with Gasteiger partial charge in [-0.3, -0.25) is 9.78 Å². The third-order valence-electron chi connectivity index (χ3n) is 5.38. The van der Waals surface area contributed by atoms with E-state index in [9.17, 15) is 13.2 Å². The van der Waals surface area contributed by atoms with Gasteiger partial charge < -0.3 is 15.2 Å². The molecule has 0 saturated carbocycles. The highest BCUT2D eigenvalue weighted by Gasteiger charge is 2.25. The van der Waals surface area contributed by atoms with Crippen molar-refractivity contribution in [3.8, 4) is 11.5 Å². The standard InChI is InChI=1S/C25H22FN3O5S2/c1-3-33-23(30)13-19-18-9-11-29(36(31,32)17-6-4-15(2)5-7-17)22(18)14-20(26)24(19)34-16-8-10-28-21(12-16)25(27)35/h4-12,14H,3,13H2,1-2H3,(H2,27,35). The van der Waals surface area contributed by atoms with E-state index < -0.39 is 21.8 Å². The van der Waals surface area contributed by atoms with Gasteiger partial charge in [0.1, 0.15) is 16.4 Å². The van der Waals surface area contributed by atoms with Crippen LogP contribution in [0.4, 0.5) is 4.39 Å². The number of carbonyl (C=O) groups is 1. The van der Waals surface area contributed by atoms with Crippen LogP contribution in [0, 0.1) is 12.7 Å². The van der Waals surface area contributed by atoms with E-state index in [1.807, 2.05) is 6.92 Å². The van der Waals surface area contributed by atoms with Crippen LogP contribution in [-0.2, 0) is 26.0 Å². The maximum Gasteiger partial charge on any atom is 0.310 e. The summed E-state index contributed by atoms with van der Waals surface area (Å²) in [5.74, 6) is -1.56. The lowest BCUT2D eigenvalue weighted by atomic mass is 10.1. The minimum atomic E-state index is -4.04. The summed E-state index contributed by atoms with van der Waals surface area (Å²) in [7, 11) is -4.04. The Hall–Kier alpha value is -3.83. The number of hydrogen-bond acceptors (Lipinski definition) is 7. The molecule has 0 aliphatic heterocycles. The van der Waals surface area contributed by atoms with Gasteiger partial charge in [0.15, 0.2) is 11.6 Å². The van der Waals surface area contributed by atoms with Crippen LogP contribution < -0.4 is 10.5 Å². The quantitative estimate of drug-likeness (QED) is 0.267. The molecule has 4 rings (SSSR count). The van der Waals surface area contributed by atoms with Crippen LogP contribution in [0.3, 0.4) is 0 Å². The molecule has 0 bridgehead atoms. The van der Waals surface area contributed by atoms with E-state index in [4.69, 9.17) is 27.4 Å². The van der Waals surface area contributed by atoms with Gasteiger partial charge in [0.05, 0.1) is 23.4 Å². The van der Waals surface area contributed by atoms with E-state index in [0.29, 0.717) is 5.39 Å². The van der Waals surface area contributed by atoms with Crippen molar-refractivity contribution in [1.82, 2.24) is 8.96 Å². The number of halogens is 1. The summed E-state index contributed by atoms with van der Waals surface area (Å²) in [6.45, 7) is 3.61. The molecular formula is C25H22FN3O5S2. The third kappa shape index (κ3) is 4.93. The second kappa shape index (κ2) is 10.0. The maximum absolute atomic E-state index is 15.5. The molecular weight excluding hydrogens is 505 g/mol. The molecule has 36 heavy (non-hydrogen) atoms. The first kappa shape index (κ1) is 25.3. The van der Waals surface area contributed by atoms with Crippen LogP contribution >= 0.6 is 12.2 Å². The number of aryl methyl sites for hydroxylation is 1. The first-order valence-electron chi connectivity index (χ1n) is 10.9. The number of ether oxygens (including phenoxy) is 2. The van der Waals surface area contributed by atoms with Crippen LogP contribution in [0.2, 0.25) is 0 Å². The molecule has 2 aromatic heterocycles. The predicted octanol–water partition coefficient (Wildman–Crippen LogP) is 4.25. The lowest BCUT2D eigenvalue weighted by Gasteiger charge is -2.15. The monoisotopic (exact) mass is 527 g/mol. The minimum Gasteiger partial charge on any atom is -0.466 e. The second-order valence-electron chi connectivity index (χ2n) is 7.85. The first-order chi connectivity index (χ1) is 17.1. The van der Waals surface area contributed by atoms with Gasteiger partial charge >= 0.3 is 5.97 Å². The smallest absolute Gasteiger partial charge is 0.310 e. The van der Waals surface area contributed by atoms with Crippen LogP contribution in [0.1, 0.15) is 23.7 Å². The lowest BCUT2D eigenvalue weighted by molar-refractivity contribution is -0.142. The normalized spacial score (nSPS) is 11.4. The van der Waals surface area contributed by atoms with Crippen LogP contribution in [0.5, 0.6) is 11.5 Å². The van der Waals surface area contributed by atoms with E-state index in [1.165, 1.54) is 42.7 Å². The fourth-order valence-electron chi connectivity index (χ4n) is 3.68. The number of hydrogen-bond donors (Lipinski definition) is 1. The predicted molar refractivity (Wildman–Crippen MR) is 136 cm³/mol. The second-order valence-corrected chi connectivity index (χ2v) is 10.1. The van der Waals surface area contributed by atoms with Crippen LogP contribution in [0.15, 0.2) is 65.8 Å². The zero-order valence-corrected chi connectivity index (χ0v) is 21.0. The Balaban J connectivity index is 1.88. The average molecular weight is 528 g/mol. The van der Waals surface area contributed by atoms with Gasteiger partial charge in [-0.25, -0.2) is 16.8 Å². The fraction of sp³-hybridized carbons (Fsp3) is 0.160. The number of thiocarbonyl (C=S) groups is 1. The van der Waals surface area contributed by atoms with Crippen LogP contribution in [-0.4, -0.2) is 34.9 Å². The molecule has 0 radical (unpaired) electrons. The molecule has 0 unspecified atom stereocenters. The molecule has 0 saturated heterocycles. The average Bonchev–Trinajstić information content (AvgIpc) is 3.26. The summed E-state index contributed by atoms with van der Waals surface area (Å²) >= 11 is 4.94. The van der Waals surface area contributed by atoms with Gasteiger partial charge in [-0.2, -0.15) is 0 Å². The number of fused-ring (bicyclic) bond motifs is 1. The molecule has 0 atom stereocenters. The van der Waals surface area contributed by atoms with Crippen molar-refractivity contribution in [1.29, 1.82) is 0 Å². The van der Waals surface area contributed by atoms with Gasteiger partial charge in [0, 0.05) is 35.5 Å². The third-order valence-corrected chi connectivity index (χ3v) is 7.29. The number of esters is 1. The number of nitrogens with zero attached hydrogens (tertiary/aromatic N) is 2. The molecule has 2 heterocycles. The molecule has 0 aliphatic carbocycles. The van der Waals surface area contributed by atoms with Gasteiger partial charge in [-0.1, -0.05) is 29.9 Å². The van der Waals surface area contributed by atoms with Crippen molar-refractivity contribution in [2.45, 2.75) is 25.2 Å². The molecule has 186 valence electrons. The number of rotatable bonds is 8. The summed E-state index contributed by atoms with van der Waals surface area (Å²) in [6.07, 6.45) is 2.37. The number of nitrogens with two attached hydrogens (primary N) is 1. The summed E-state index contributed by atoms with van der Waals surface area (Å²) in [5.41, 5.74) is 6.98. The molecule has 11 heteroatoms. The molecule has 2 aromatic carbocycles. The van der Waals surface area contributed by atoms with Crippen molar-refractivity contribution in [2.24, 2.45) is 5.73 Å². The molecule has 4 aromatic rings. The Labute approximate surface area is 212 Å². The van der Waals surface area contributed by atoms with Crippen molar-refractivity contribution >= 4 is 44.1 Å². The highest BCUT2D eigenvalue weighted by atomic mass is 32.2. The van der Waals surface area contributed by atoms with E-state index >= 15 is 4.39 Å². The van der Waals surface area contributed by atoms with Gasteiger partial charge in [0.2, 0.25) is 0 Å². The molecule has 0 amide bonds. The number of carbonyl (C=O) groups excluding carboxylic acids is 1. The zero-order chi connectivity index (χ0) is 26.0. The largest absolute Gasteiger partial charge is 0.466 e. The topological polar surface area (TPSA) is 114 Å². The highest BCUT2D eigenvalue weighted by molar-refractivity contribution is 7.90. The Bertz CT molecular complexity index is 1580. The number of benzene rings is 2. The van der Waals surface area contributed by atoms with Crippen molar-refractivity contribution in [2.75, 3.05) is 6.61 Å². The van der Waals surface area contributed by atoms with Gasteiger partial charge in [-0.15, -0.1) is 0 Å². The Morgan fingerprint density at radius 2 is 1.89 bits per heavy atom. The van der Waals surface area contributed by atoms with E-state index in [-0.39, 0.29) is 51.2 Å². The highest BCUT2D eigenvalue weighted by Crippen LogP contribution is 2.37. The fourth-order valence-corrected chi connectivity index (χ4v) is 5.13. The molecule has 8 nitrogen and oxygen atoms in total. The molecule has 2 N–H and O–H groups in total. The number of pyridine rings is 1. The number of aromatic nitrogens is 2. The lowest BCUT2D eigenvalue weighted by Crippen LogP contribution is -2.13. The Morgan fingerprint density at radius 1 is 1.17 bits per heavy atom. The SMILES string of the molecule is CCOC(=O)Cc1c(Oc2ccnc(C(N)=S)c2)c(F)cc2c1ccn2S(=O)(=O)c1ccc(C)cc1. The summed E-state index contributed by atoms with van der Waals surface area (Å²) in [4.78, 5) is 16.5. The van der Waals surface area contributed by atoms with E-state index in [0.717, 1.165) is 15.6 Å². The van der Waals surface area contributed by atoms with E-state index in [2.05, 4.69) is 4.98 Å². The van der Waals surface area contributed by atoms with Gasteiger partial charge in [0.25, 0.3) is 10.0 Å². The van der Waals surface area contributed by atoms with E-state index in [1.54, 1.807) is 19.1 Å². The zero-order valence-electron chi connectivity index (χ0n) is 19.4. The van der Waals surface area contributed by atoms with Crippen LogP contribution in [0.25, 0.3) is 10.9 Å². The Morgan fingerprint density at radius 3 is 2.56 bits per heavy atom. The van der Waals surface area contributed by atoms with Crippen molar-refractivity contribution < 1.29 is 27.1 Å².